The van der Waals surface area contributed by atoms with E-state index in [0.717, 1.165) is 0 Å². The van der Waals surface area contributed by atoms with E-state index in [2.05, 4.69) is 5.32 Å². The first-order chi connectivity index (χ1) is 9.11. The maximum absolute atomic E-state index is 12.9. The Hall–Kier alpha value is -2.14. The molecular formula is C14H14FNO3. The van der Waals surface area contributed by atoms with Crippen molar-refractivity contribution in [3.05, 3.63) is 48.2 Å². The van der Waals surface area contributed by atoms with Gasteiger partial charge in [-0.25, -0.2) is 4.39 Å². The normalized spacial score (nSPS) is 12.2. The molecule has 0 saturated heterocycles. The highest BCUT2D eigenvalue weighted by molar-refractivity contribution is 5.98. The van der Waals surface area contributed by atoms with Gasteiger partial charge in [0.15, 0.2) is 5.76 Å². The Kier molecular flexibility index (Phi) is 3.97. The van der Waals surface area contributed by atoms with Gasteiger partial charge in [0, 0.05) is 11.6 Å². The summed E-state index contributed by atoms with van der Waals surface area (Å²) < 4.78 is 18.0. The van der Waals surface area contributed by atoms with E-state index in [9.17, 15) is 9.18 Å². The predicted octanol–water partition coefficient (Wildman–Crippen LogP) is 2.20. The molecule has 0 radical (unpaired) electrons. The van der Waals surface area contributed by atoms with E-state index in [1.54, 1.807) is 25.1 Å². The number of amides is 1. The Balaban J connectivity index is 2.27. The Morgan fingerprint density at radius 1 is 1.37 bits per heavy atom. The van der Waals surface area contributed by atoms with Crippen molar-refractivity contribution in [2.75, 3.05) is 6.61 Å². The number of rotatable bonds is 4. The summed E-state index contributed by atoms with van der Waals surface area (Å²) in [7, 11) is 0. The lowest BCUT2D eigenvalue weighted by molar-refractivity contribution is 0.0895. The number of halogens is 1. The minimum absolute atomic E-state index is 0.145. The number of furan rings is 1. The molecule has 19 heavy (non-hydrogen) atoms. The predicted molar refractivity (Wildman–Crippen MR) is 68.1 cm³/mol. The molecule has 0 saturated carbocycles. The summed E-state index contributed by atoms with van der Waals surface area (Å²) in [5.41, 5.74) is 1.28. The molecule has 0 aliphatic carbocycles. The first kappa shape index (κ1) is 13.3. The lowest BCUT2D eigenvalue weighted by atomic mass is 10.1. The highest BCUT2D eigenvalue weighted by Crippen LogP contribution is 2.25. The maximum Gasteiger partial charge on any atom is 0.287 e. The van der Waals surface area contributed by atoms with Gasteiger partial charge >= 0.3 is 0 Å². The van der Waals surface area contributed by atoms with Crippen LogP contribution >= 0.6 is 0 Å². The smallest absolute Gasteiger partial charge is 0.287 e. The summed E-state index contributed by atoms with van der Waals surface area (Å²) in [4.78, 5) is 11.9. The van der Waals surface area contributed by atoms with E-state index in [4.69, 9.17) is 9.52 Å². The number of benzene rings is 1. The van der Waals surface area contributed by atoms with Crippen LogP contribution < -0.4 is 5.32 Å². The maximum atomic E-state index is 12.9. The fourth-order valence-corrected chi connectivity index (χ4v) is 1.68. The lowest BCUT2D eigenvalue weighted by Crippen LogP contribution is -2.35. The van der Waals surface area contributed by atoms with Crippen molar-refractivity contribution >= 4 is 5.91 Å². The Bertz CT molecular complexity index is 562. The Labute approximate surface area is 109 Å². The zero-order chi connectivity index (χ0) is 13.8. The molecule has 2 N–H and O–H groups in total. The number of carbonyl (C=O) groups excluding carboxylic acids is 1. The number of carbonyl (C=O) groups is 1. The van der Waals surface area contributed by atoms with Crippen LogP contribution in [0.5, 0.6) is 0 Å². The van der Waals surface area contributed by atoms with Gasteiger partial charge in [0.2, 0.25) is 0 Å². The van der Waals surface area contributed by atoms with Crippen molar-refractivity contribution in [2.45, 2.75) is 13.0 Å². The molecule has 100 valence electrons. The first-order valence-electron chi connectivity index (χ1n) is 5.87. The molecule has 4 nitrogen and oxygen atoms in total. The van der Waals surface area contributed by atoms with Gasteiger partial charge in [-0.3, -0.25) is 4.79 Å². The van der Waals surface area contributed by atoms with Crippen LogP contribution in [0, 0.1) is 5.82 Å². The van der Waals surface area contributed by atoms with Crippen LogP contribution in [0.3, 0.4) is 0 Å². The van der Waals surface area contributed by atoms with Crippen LogP contribution in [0.25, 0.3) is 11.1 Å². The van der Waals surface area contributed by atoms with Gasteiger partial charge in [-0.1, -0.05) is 12.1 Å². The molecule has 0 aliphatic heterocycles. The molecular weight excluding hydrogens is 249 g/mol. The quantitative estimate of drug-likeness (QED) is 0.888. The van der Waals surface area contributed by atoms with E-state index in [1.807, 2.05) is 0 Å². The summed E-state index contributed by atoms with van der Waals surface area (Å²) in [5.74, 6) is -0.607. The number of nitrogens with one attached hydrogen (secondary N) is 1. The largest absolute Gasteiger partial charge is 0.459 e. The number of aliphatic hydroxyl groups excluding tert-OH is 1. The highest BCUT2D eigenvalue weighted by Gasteiger charge is 2.18. The molecule has 5 heteroatoms. The molecule has 1 atom stereocenters. The van der Waals surface area contributed by atoms with E-state index in [1.165, 1.54) is 18.4 Å². The van der Waals surface area contributed by atoms with Crippen molar-refractivity contribution in [1.29, 1.82) is 0 Å². The first-order valence-corrected chi connectivity index (χ1v) is 5.87. The second-order valence-corrected chi connectivity index (χ2v) is 4.23. The summed E-state index contributed by atoms with van der Waals surface area (Å²) in [5, 5.41) is 11.5. The number of hydrogen-bond acceptors (Lipinski definition) is 3. The molecule has 0 fully saturated rings. The monoisotopic (exact) mass is 263 g/mol. The van der Waals surface area contributed by atoms with Crippen LogP contribution in [0.2, 0.25) is 0 Å². The van der Waals surface area contributed by atoms with Gasteiger partial charge in [-0.15, -0.1) is 0 Å². The molecule has 0 spiro atoms. The van der Waals surface area contributed by atoms with Crippen LogP contribution in [-0.2, 0) is 0 Å². The molecule has 1 unspecified atom stereocenters. The zero-order valence-corrected chi connectivity index (χ0v) is 10.4. The summed E-state index contributed by atoms with van der Waals surface area (Å²) in [6, 6.07) is 7.07. The fraction of sp³-hybridized carbons (Fsp3) is 0.214. The summed E-state index contributed by atoms with van der Waals surface area (Å²) >= 11 is 0. The fourth-order valence-electron chi connectivity index (χ4n) is 1.68. The molecule has 2 aromatic rings. The topological polar surface area (TPSA) is 62.5 Å². The van der Waals surface area contributed by atoms with Crippen molar-refractivity contribution in [2.24, 2.45) is 0 Å². The highest BCUT2D eigenvalue weighted by atomic mass is 19.1. The molecule has 2 rings (SSSR count). The van der Waals surface area contributed by atoms with Crippen molar-refractivity contribution < 1.29 is 18.7 Å². The number of aliphatic hydroxyl groups is 1. The van der Waals surface area contributed by atoms with Crippen LogP contribution in [-0.4, -0.2) is 23.7 Å². The molecule has 1 aromatic heterocycles. The minimum atomic E-state index is -0.411. The van der Waals surface area contributed by atoms with Crippen molar-refractivity contribution in [3.8, 4) is 11.1 Å². The third-order valence-electron chi connectivity index (χ3n) is 2.68. The SMILES string of the molecule is CC(CO)NC(=O)c1occc1-c1ccc(F)cc1. The van der Waals surface area contributed by atoms with Gasteiger partial charge in [0.25, 0.3) is 5.91 Å². The van der Waals surface area contributed by atoms with Crippen LogP contribution in [0.15, 0.2) is 41.0 Å². The van der Waals surface area contributed by atoms with Gasteiger partial charge in [-0.05, 0) is 30.7 Å². The van der Waals surface area contributed by atoms with Gasteiger partial charge < -0.3 is 14.8 Å². The Morgan fingerprint density at radius 3 is 2.68 bits per heavy atom. The summed E-state index contributed by atoms with van der Waals surface area (Å²) in [6.45, 7) is 1.52. The standard InChI is InChI=1S/C14H14FNO3/c1-9(8-17)16-14(18)13-12(6-7-19-13)10-2-4-11(15)5-3-10/h2-7,9,17H,8H2,1H3,(H,16,18). The van der Waals surface area contributed by atoms with Crippen LogP contribution in [0.1, 0.15) is 17.5 Å². The third-order valence-corrected chi connectivity index (χ3v) is 2.68. The van der Waals surface area contributed by atoms with Crippen LogP contribution in [0.4, 0.5) is 4.39 Å². The van der Waals surface area contributed by atoms with Gasteiger partial charge in [-0.2, -0.15) is 0 Å². The molecule has 1 heterocycles. The molecule has 0 bridgehead atoms. The third kappa shape index (κ3) is 3.00. The Morgan fingerprint density at radius 2 is 2.05 bits per heavy atom. The second-order valence-electron chi connectivity index (χ2n) is 4.23. The van der Waals surface area contributed by atoms with E-state index < -0.39 is 5.91 Å². The molecule has 0 aliphatic rings. The zero-order valence-electron chi connectivity index (χ0n) is 10.4. The molecule has 1 amide bonds. The minimum Gasteiger partial charge on any atom is -0.459 e. The van der Waals surface area contributed by atoms with E-state index in [-0.39, 0.29) is 24.2 Å². The van der Waals surface area contributed by atoms with E-state index >= 15 is 0 Å². The molecule has 1 aromatic carbocycles. The summed E-state index contributed by atoms with van der Waals surface area (Å²) in [6.07, 6.45) is 1.40. The van der Waals surface area contributed by atoms with Crippen molar-refractivity contribution in [1.82, 2.24) is 5.32 Å². The second kappa shape index (κ2) is 5.67. The average molecular weight is 263 g/mol. The number of hydrogen-bond donors (Lipinski definition) is 2. The van der Waals surface area contributed by atoms with E-state index in [0.29, 0.717) is 11.1 Å². The van der Waals surface area contributed by atoms with Gasteiger partial charge in [0.05, 0.1) is 12.9 Å². The van der Waals surface area contributed by atoms with Crippen molar-refractivity contribution in [3.63, 3.8) is 0 Å². The lowest BCUT2D eigenvalue weighted by Gasteiger charge is -2.10. The average Bonchev–Trinajstić information content (AvgIpc) is 2.88. The van der Waals surface area contributed by atoms with Gasteiger partial charge in [0.1, 0.15) is 5.82 Å².